The molecule has 0 radical (unpaired) electrons. The maximum Gasteiger partial charge on any atom is 0.224 e. The third-order valence-corrected chi connectivity index (χ3v) is 3.25. The maximum absolute atomic E-state index is 11.9. The predicted octanol–water partition coefficient (Wildman–Crippen LogP) is 2.31. The Hall–Kier alpha value is -1.28. The first-order valence-electron chi connectivity index (χ1n) is 5.86. The van der Waals surface area contributed by atoms with Crippen molar-refractivity contribution in [1.82, 2.24) is 5.32 Å². The van der Waals surface area contributed by atoms with E-state index in [1.807, 2.05) is 24.3 Å². The van der Waals surface area contributed by atoms with E-state index in [1.54, 1.807) is 0 Å². The fraction of sp³-hybridized carbons (Fsp3) is 0.357. The van der Waals surface area contributed by atoms with E-state index in [-0.39, 0.29) is 11.8 Å². The van der Waals surface area contributed by atoms with Gasteiger partial charge in [-0.2, -0.15) is 0 Å². The average molecular weight is 250 g/mol. The summed E-state index contributed by atoms with van der Waals surface area (Å²) in [7, 11) is 0. The Labute approximate surface area is 107 Å². The van der Waals surface area contributed by atoms with Gasteiger partial charge >= 0.3 is 0 Å². The van der Waals surface area contributed by atoms with Crippen LogP contribution in [-0.2, 0) is 17.6 Å². The van der Waals surface area contributed by atoms with Gasteiger partial charge in [0.25, 0.3) is 0 Å². The number of carbonyl (C=O) groups excluding carboxylic acids is 1. The van der Waals surface area contributed by atoms with Gasteiger partial charge in [0.15, 0.2) is 0 Å². The lowest BCUT2D eigenvalue weighted by molar-refractivity contribution is -0.124. The SMILES string of the molecule is O=C(NC/C=C/CCl)C1Cc2ccccc2C1. The summed E-state index contributed by atoms with van der Waals surface area (Å²) in [5.74, 6) is 0.724. The van der Waals surface area contributed by atoms with E-state index in [4.69, 9.17) is 11.6 Å². The summed E-state index contributed by atoms with van der Waals surface area (Å²) >= 11 is 5.51. The number of carbonyl (C=O) groups is 1. The zero-order chi connectivity index (χ0) is 12.1. The molecule has 0 heterocycles. The lowest BCUT2D eigenvalue weighted by Gasteiger charge is -2.08. The second-order valence-electron chi connectivity index (χ2n) is 4.24. The van der Waals surface area contributed by atoms with Crippen molar-refractivity contribution in [2.24, 2.45) is 5.92 Å². The monoisotopic (exact) mass is 249 g/mol. The minimum absolute atomic E-state index is 0.0943. The van der Waals surface area contributed by atoms with Crippen molar-refractivity contribution in [2.45, 2.75) is 12.8 Å². The average Bonchev–Trinajstić information content (AvgIpc) is 2.78. The van der Waals surface area contributed by atoms with Gasteiger partial charge in [-0.05, 0) is 24.0 Å². The van der Waals surface area contributed by atoms with Gasteiger partial charge in [-0.15, -0.1) is 11.6 Å². The van der Waals surface area contributed by atoms with Crippen molar-refractivity contribution in [1.29, 1.82) is 0 Å². The standard InChI is InChI=1S/C14H16ClNO/c15-7-3-4-8-16-14(17)13-9-11-5-1-2-6-12(11)10-13/h1-6,13H,7-10H2,(H,16,17)/b4-3+. The molecule has 0 unspecified atom stereocenters. The van der Waals surface area contributed by atoms with E-state index in [2.05, 4.69) is 17.4 Å². The second-order valence-corrected chi connectivity index (χ2v) is 4.55. The summed E-state index contributed by atoms with van der Waals surface area (Å²) in [4.78, 5) is 11.9. The molecule has 0 bridgehead atoms. The smallest absolute Gasteiger partial charge is 0.224 e. The van der Waals surface area contributed by atoms with Crippen LogP contribution in [0.3, 0.4) is 0 Å². The van der Waals surface area contributed by atoms with Gasteiger partial charge in [0.2, 0.25) is 5.91 Å². The number of nitrogens with one attached hydrogen (secondary N) is 1. The van der Waals surface area contributed by atoms with Crippen LogP contribution in [0.5, 0.6) is 0 Å². The molecule has 0 aliphatic heterocycles. The van der Waals surface area contributed by atoms with Crippen LogP contribution in [0.15, 0.2) is 36.4 Å². The van der Waals surface area contributed by atoms with Gasteiger partial charge in [-0.3, -0.25) is 4.79 Å². The molecule has 1 aromatic rings. The zero-order valence-electron chi connectivity index (χ0n) is 9.66. The van der Waals surface area contributed by atoms with Crippen molar-refractivity contribution in [2.75, 3.05) is 12.4 Å². The van der Waals surface area contributed by atoms with Gasteiger partial charge < -0.3 is 5.32 Å². The topological polar surface area (TPSA) is 29.1 Å². The minimum atomic E-state index is 0.0943. The van der Waals surface area contributed by atoms with E-state index < -0.39 is 0 Å². The van der Waals surface area contributed by atoms with Gasteiger partial charge in [-0.25, -0.2) is 0 Å². The van der Waals surface area contributed by atoms with E-state index in [0.717, 1.165) is 12.8 Å². The molecule has 1 aliphatic carbocycles. The highest BCUT2D eigenvalue weighted by molar-refractivity contribution is 6.18. The Bertz CT molecular complexity index is 403. The lowest BCUT2D eigenvalue weighted by Crippen LogP contribution is -2.31. The maximum atomic E-state index is 11.9. The number of alkyl halides is 1. The molecule has 1 N–H and O–H groups in total. The van der Waals surface area contributed by atoms with Crippen molar-refractivity contribution < 1.29 is 4.79 Å². The summed E-state index contributed by atoms with van der Waals surface area (Å²) < 4.78 is 0. The van der Waals surface area contributed by atoms with Crippen LogP contribution in [0.4, 0.5) is 0 Å². The van der Waals surface area contributed by atoms with Crippen LogP contribution >= 0.6 is 11.6 Å². The highest BCUT2D eigenvalue weighted by atomic mass is 35.5. The quantitative estimate of drug-likeness (QED) is 0.644. The number of hydrogen-bond acceptors (Lipinski definition) is 1. The summed E-state index contributed by atoms with van der Waals surface area (Å²) in [6.07, 6.45) is 5.45. The lowest BCUT2D eigenvalue weighted by atomic mass is 10.1. The van der Waals surface area contributed by atoms with E-state index >= 15 is 0 Å². The highest BCUT2D eigenvalue weighted by Crippen LogP contribution is 2.26. The molecule has 90 valence electrons. The molecule has 1 aromatic carbocycles. The van der Waals surface area contributed by atoms with Gasteiger partial charge in [0.1, 0.15) is 0 Å². The number of rotatable bonds is 4. The first kappa shape index (κ1) is 12.2. The molecule has 1 aliphatic rings. The van der Waals surface area contributed by atoms with Crippen molar-refractivity contribution in [3.05, 3.63) is 47.5 Å². The molecule has 2 rings (SSSR count). The van der Waals surface area contributed by atoms with Gasteiger partial charge in [-0.1, -0.05) is 36.4 Å². The second kappa shape index (κ2) is 5.87. The Morgan fingerprint density at radius 1 is 1.29 bits per heavy atom. The molecule has 3 heteroatoms. The first-order chi connectivity index (χ1) is 8.31. The minimum Gasteiger partial charge on any atom is -0.352 e. The van der Waals surface area contributed by atoms with Crippen molar-refractivity contribution in [3.8, 4) is 0 Å². The number of amides is 1. The number of fused-ring (bicyclic) bond motifs is 1. The summed E-state index contributed by atoms with van der Waals surface area (Å²) in [6.45, 7) is 0.568. The normalized spacial score (nSPS) is 15.1. The fourth-order valence-electron chi connectivity index (χ4n) is 2.19. The Balaban J connectivity index is 1.86. The molecule has 2 nitrogen and oxygen atoms in total. The molecule has 1 amide bonds. The van der Waals surface area contributed by atoms with Gasteiger partial charge in [0.05, 0.1) is 0 Å². The largest absolute Gasteiger partial charge is 0.352 e. The third kappa shape index (κ3) is 3.10. The molecular weight excluding hydrogens is 234 g/mol. The summed E-state index contributed by atoms with van der Waals surface area (Å²) in [5.41, 5.74) is 2.62. The van der Waals surface area contributed by atoms with Crippen LogP contribution in [-0.4, -0.2) is 18.3 Å². The molecule has 0 atom stereocenters. The molecular formula is C14H16ClNO. The van der Waals surface area contributed by atoms with E-state index in [1.165, 1.54) is 11.1 Å². The molecule has 0 spiro atoms. The van der Waals surface area contributed by atoms with Crippen molar-refractivity contribution >= 4 is 17.5 Å². The van der Waals surface area contributed by atoms with Gasteiger partial charge in [0, 0.05) is 18.3 Å². The summed E-state index contributed by atoms with van der Waals surface area (Å²) in [6, 6.07) is 8.27. The fourth-order valence-corrected chi connectivity index (χ4v) is 2.32. The van der Waals surface area contributed by atoms with E-state index in [9.17, 15) is 4.79 Å². The zero-order valence-corrected chi connectivity index (χ0v) is 10.4. The molecule has 17 heavy (non-hydrogen) atoms. The first-order valence-corrected chi connectivity index (χ1v) is 6.40. The van der Waals surface area contributed by atoms with Crippen LogP contribution in [0.2, 0.25) is 0 Å². The molecule has 0 fully saturated rings. The Morgan fingerprint density at radius 3 is 2.53 bits per heavy atom. The van der Waals surface area contributed by atoms with Crippen molar-refractivity contribution in [3.63, 3.8) is 0 Å². The predicted molar refractivity (Wildman–Crippen MR) is 70.2 cm³/mol. The molecule has 0 saturated carbocycles. The van der Waals surface area contributed by atoms with Crippen LogP contribution in [0.25, 0.3) is 0 Å². The van der Waals surface area contributed by atoms with Crippen LogP contribution in [0.1, 0.15) is 11.1 Å². The molecule has 0 aromatic heterocycles. The Morgan fingerprint density at radius 2 is 1.94 bits per heavy atom. The number of halogens is 1. The van der Waals surface area contributed by atoms with E-state index in [0.29, 0.717) is 12.4 Å². The highest BCUT2D eigenvalue weighted by Gasteiger charge is 2.26. The summed E-state index contributed by atoms with van der Waals surface area (Å²) in [5, 5.41) is 2.91. The van der Waals surface area contributed by atoms with Crippen LogP contribution in [0, 0.1) is 5.92 Å². The number of hydrogen-bond donors (Lipinski definition) is 1. The number of allylic oxidation sites excluding steroid dienone is 1. The van der Waals surface area contributed by atoms with Crippen LogP contribution < -0.4 is 5.32 Å². The molecule has 0 saturated heterocycles. The Kier molecular flexibility index (Phi) is 4.21. The number of benzene rings is 1. The third-order valence-electron chi connectivity index (χ3n) is 3.07.